The van der Waals surface area contributed by atoms with Gasteiger partial charge in [0.25, 0.3) is 11.8 Å². The van der Waals surface area contributed by atoms with E-state index >= 15 is 0 Å². The average molecular weight is 434 g/mol. The highest BCUT2D eigenvalue weighted by molar-refractivity contribution is 7.91. The van der Waals surface area contributed by atoms with Gasteiger partial charge in [-0.15, -0.1) is 0 Å². The zero-order chi connectivity index (χ0) is 21.8. The van der Waals surface area contributed by atoms with E-state index in [1.54, 1.807) is 0 Å². The number of alkyl halides is 4. The van der Waals surface area contributed by atoms with E-state index < -0.39 is 52.2 Å². The molecule has 166 valence electrons. The molecule has 1 heterocycles. The number of rotatable bonds is 9. The zero-order valence-electron chi connectivity index (χ0n) is 16.8. The predicted octanol–water partition coefficient (Wildman–Crippen LogP) is 3.86. The highest BCUT2D eigenvalue weighted by Crippen LogP contribution is 2.35. The topological polar surface area (TPSA) is 69.7 Å². The van der Waals surface area contributed by atoms with Gasteiger partial charge in [0, 0.05) is 6.61 Å². The smallest absolute Gasteiger partial charge is 0.311 e. The molecule has 0 aromatic carbocycles. The third-order valence-corrected chi connectivity index (χ3v) is 6.21. The second-order valence-corrected chi connectivity index (χ2v) is 10.9. The minimum absolute atomic E-state index is 0.0485. The molecule has 5 nitrogen and oxygen atoms in total. The van der Waals surface area contributed by atoms with Gasteiger partial charge in [0.2, 0.25) is 0 Å². The Kier molecular flexibility index (Phi) is 8.33. The molecule has 1 aliphatic heterocycles. The molecule has 1 rings (SSSR count). The molecule has 0 N–H and O–H groups in total. The van der Waals surface area contributed by atoms with Gasteiger partial charge in [-0.3, -0.25) is 4.79 Å². The maximum atomic E-state index is 14.3. The van der Waals surface area contributed by atoms with E-state index in [9.17, 15) is 30.8 Å². The molecule has 0 aromatic rings. The SMILES string of the molecule is CC(F)(F)CC(F)(F)C(COCCC1CCS(=O)(=O)CC1)OC(=O)C(C)(C)C. The molecule has 1 saturated heterocycles. The lowest BCUT2D eigenvalue weighted by Gasteiger charge is -2.31. The van der Waals surface area contributed by atoms with Crippen LogP contribution in [0.15, 0.2) is 0 Å². The van der Waals surface area contributed by atoms with Gasteiger partial charge in [0.1, 0.15) is 9.84 Å². The van der Waals surface area contributed by atoms with Gasteiger partial charge in [-0.2, -0.15) is 0 Å². The van der Waals surface area contributed by atoms with Crippen LogP contribution in [0.3, 0.4) is 0 Å². The third kappa shape index (κ3) is 9.07. The lowest BCUT2D eigenvalue weighted by Crippen LogP contribution is -2.45. The Bertz CT molecular complexity index is 609. The van der Waals surface area contributed by atoms with Crippen LogP contribution in [0, 0.1) is 11.3 Å². The molecule has 0 radical (unpaired) electrons. The lowest BCUT2D eigenvalue weighted by atomic mass is 9.97. The summed E-state index contributed by atoms with van der Waals surface area (Å²) in [6, 6.07) is 0. The Hall–Kier alpha value is -0.900. The van der Waals surface area contributed by atoms with Crippen molar-refractivity contribution in [2.75, 3.05) is 24.7 Å². The number of carbonyl (C=O) groups excluding carboxylic acids is 1. The van der Waals surface area contributed by atoms with E-state index in [1.807, 2.05) is 0 Å². The lowest BCUT2D eigenvalue weighted by molar-refractivity contribution is -0.206. The van der Waals surface area contributed by atoms with Crippen molar-refractivity contribution in [1.82, 2.24) is 0 Å². The highest BCUT2D eigenvalue weighted by atomic mass is 32.2. The van der Waals surface area contributed by atoms with Crippen molar-refractivity contribution in [1.29, 1.82) is 0 Å². The first-order valence-electron chi connectivity index (χ1n) is 9.27. The normalized spacial score (nSPS) is 20.0. The van der Waals surface area contributed by atoms with Crippen LogP contribution in [0.25, 0.3) is 0 Å². The van der Waals surface area contributed by atoms with Crippen LogP contribution in [0.2, 0.25) is 0 Å². The van der Waals surface area contributed by atoms with Crippen molar-refractivity contribution in [3.63, 3.8) is 0 Å². The maximum Gasteiger partial charge on any atom is 0.311 e. The van der Waals surface area contributed by atoms with Crippen molar-refractivity contribution >= 4 is 15.8 Å². The van der Waals surface area contributed by atoms with Crippen LogP contribution in [0.1, 0.15) is 53.4 Å². The molecule has 0 aromatic heterocycles. The predicted molar refractivity (Wildman–Crippen MR) is 96.3 cm³/mol. The minimum atomic E-state index is -3.96. The molecule has 28 heavy (non-hydrogen) atoms. The molecule has 0 saturated carbocycles. The van der Waals surface area contributed by atoms with Crippen LogP contribution < -0.4 is 0 Å². The Labute approximate surface area is 164 Å². The summed E-state index contributed by atoms with van der Waals surface area (Å²) in [4.78, 5) is 12.0. The van der Waals surface area contributed by atoms with Crippen molar-refractivity contribution < 1.29 is 40.2 Å². The largest absolute Gasteiger partial charge is 0.453 e. The summed E-state index contributed by atoms with van der Waals surface area (Å²) in [6.45, 7) is 4.12. The number of esters is 1. The summed E-state index contributed by atoms with van der Waals surface area (Å²) in [5, 5.41) is 0. The molecular formula is C18H30F4O5S. The average Bonchev–Trinajstić information content (AvgIpc) is 2.48. The van der Waals surface area contributed by atoms with Crippen molar-refractivity contribution in [3.8, 4) is 0 Å². The molecule has 0 amide bonds. The monoisotopic (exact) mass is 434 g/mol. The minimum Gasteiger partial charge on any atom is -0.453 e. The number of hydrogen-bond acceptors (Lipinski definition) is 5. The standard InChI is InChI=1S/C18H30F4O5S/c1-16(2,3)15(23)27-14(18(21,22)12-17(4,19)20)11-26-8-5-13-6-9-28(24,25)10-7-13/h13-14H,5-12H2,1-4H3. The third-order valence-electron chi connectivity index (χ3n) is 4.49. The van der Waals surface area contributed by atoms with E-state index in [-0.39, 0.29) is 24.0 Å². The summed E-state index contributed by atoms with van der Waals surface area (Å²) in [5.74, 6) is -8.25. The van der Waals surface area contributed by atoms with Gasteiger partial charge in [0.05, 0.1) is 29.9 Å². The maximum absolute atomic E-state index is 14.3. The van der Waals surface area contributed by atoms with Crippen LogP contribution in [0.4, 0.5) is 17.6 Å². The van der Waals surface area contributed by atoms with E-state index in [0.717, 1.165) is 0 Å². The van der Waals surface area contributed by atoms with Gasteiger partial charge >= 0.3 is 5.97 Å². The number of carbonyl (C=O) groups is 1. The molecular weight excluding hydrogens is 404 g/mol. The molecule has 1 atom stereocenters. The van der Waals surface area contributed by atoms with Gasteiger partial charge < -0.3 is 9.47 Å². The molecule has 0 aliphatic carbocycles. The highest BCUT2D eigenvalue weighted by Gasteiger charge is 2.49. The fraction of sp³-hybridized carbons (Fsp3) is 0.944. The number of ether oxygens (including phenoxy) is 2. The first-order valence-corrected chi connectivity index (χ1v) is 11.1. The van der Waals surface area contributed by atoms with E-state index in [4.69, 9.17) is 9.47 Å². The van der Waals surface area contributed by atoms with Gasteiger partial charge in [-0.05, 0) is 52.9 Å². The Morgan fingerprint density at radius 1 is 1.07 bits per heavy atom. The Morgan fingerprint density at radius 3 is 2.07 bits per heavy atom. The molecule has 1 fully saturated rings. The first-order chi connectivity index (χ1) is 12.5. The quantitative estimate of drug-likeness (QED) is 0.313. The van der Waals surface area contributed by atoms with Crippen LogP contribution in [-0.4, -0.2) is 57.1 Å². The second kappa shape index (κ2) is 9.28. The molecule has 1 aliphatic rings. The Morgan fingerprint density at radius 2 is 1.61 bits per heavy atom. The summed E-state index contributed by atoms with van der Waals surface area (Å²) in [6.07, 6.45) is -2.47. The van der Waals surface area contributed by atoms with E-state index in [2.05, 4.69) is 0 Å². The summed E-state index contributed by atoms with van der Waals surface area (Å²) >= 11 is 0. The summed E-state index contributed by atoms with van der Waals surface area (Å²) in [7, 11) is -2.99. The number of sulfone groups is 1. The van der Waals surface area contributed by atoms with Gasteiger partial charge in [0.15, 0.2) is 6.10 Å². The summed E-state index contributed by atoms with van der Waals surface area (Å²) in [5.41, 5.74) is -1.07. The van der Waals surface area contributed by atoms with Crippen molar-refractivity contribution in [3.05, 3.63) is 0 Å². The molecule has 0 spiro atoms. The van der Waals surface area contributed by atoms with Gasteiger partial charge in [-0.1, -0.05) is 0 Å². The molecule has 1 unspecified atom stereocenters. The van der Waals surface area contributed by atoms with Crippen molar-refractivity contribution in [2.24, 2.45) is 11.3 Å². The fourth-order valence-electron chi connectivity index (χ4n) is 2.74. The number of hydrogen-bond donors (Lipinski definition) is 0. The van der Waals surface area contributed by atoms with E-state index in [0.29, 0.717) is 26.2 Å². The van der Waals surface area contributed by atoms with Crippen LogP contribution in [0.5, 0.6) is 0 Å². The molecule has 0 bridgehead atoms. The van der Waals surface area contributed by atoms with Crippen molar-refractivity contribution in [2.45, 2.75) is 71.3 Å². The molecule has 10 heteroatoms. The summed E-state index contributed by atoms with van der Waals surface area (Å²) < 4.78 is 87.7. The fourth-order valence-corrected chi connectivity index (χ4v) is 4.33. The van der Waals surface area contributed by atoms with Gasteiger partial charge in [-0.25, -0.2) is 26.0 Å². The number of halogens is 4. The zero-order valence-corrected chi connectivity index (χ0v) is 17.6. The van der Waals surface area contributed by atoms with Crippen LogP contribution in [-0.2, 0) is 24.1 Å². The second-order valence-electron chi connectivity index (χ2n) is 8.61. The van der Waals surface area contributed by atoms with Crippen LogP contribution >= 0.6 is 0 Å². The Balaban J connectivity index is 2.63. The first kappa shape index (κ1) is 25.1. The van der Waals surface area contributed by atoms with E-state index in [1.165, 1.54) is 20.8 Å².